The molecule has 0 aliphatic rings. The molecule has 0 saturated heterocycles. The molecule has 2 aromatic carbocycles. The van der Waals surface area contributed by atoms with Gasteiger partial charge in [-0.05, 0) is 54.5 Å². The summed E-state index contributed by atoms with van der Waals surface area (Å²) in [7, 11) is 0. The summed E-state index contributed by atoms with van der Waals surface area (Å²) in [4.78, 5) is 4.56. The Morgan fingerprint density at radius 2 is 1.36 bits per heavy atom. The molecule has 0 fully saturated rings. The fourth-order valence-electron chi connectivity index (χ4n) is 3.25. The topological polar surface area (TPSA) is 22.1 Å². The molecule has 2 heteroatoms. The van der Waals surface area contributed by atoms with Crippen molar-refractivity contribution in [2.45, 2.75) is 52.4 Å². The molecule has 0 aliphatic carbocycles. The lowest BCUT2D eigenvalue weighted by Gasteiger charge is -2.07. The van der Waals surface area contributed by atoms with E-state index in [9.17, 15) is 0 Å². The molecule has 0 aliphatic heterocycles. The number of hydrogen-bond acceptors (Lipinski definition) is 2. The average molecular weight is 374 g/mol. The highest BCUT2D eigenvalue weighted by Gasteiger charge is 2.02. The van der Waals surface area contributed by atoms with Crippen LogP contribution >= 0.6 is 0 Å². The molecule has 0 atom stereocenters. The first-order chi connectivity index (χ1) is 13.8. The Kier molecular flexibility index (Phi) is 7.66. The summed E-state index contributed by atoms with van der Waals surface area (Å²) >= 11 is 0. The number of aromatic nitrogens is 1. The SMILES string of the molecule is CCCCCOc1ccc(-c2ccc(CCc3ccc(CC)cc3)cc2)nc1. The second-order valence-electron chi connectivity index (χ2n) is 7.30. The van der Waals surface area contributed by atoms with Crippen LogP contribution in [0.1, 0.15) is 49.8 Å². The largest absolute Gasteiger partial charge is 0.492 e. The van der Waals surface area contributed by atoms with Crippen molar-refractivity contribution < 1.29 is 4.74 Å². The van der Waals surface area contributed by atoms with Crippen molar-refractivity contribution in [1.29, 1.82) is 0 Å². The fourth-order valence-corrected chi connectivity index (χ4v) is 3.25. The fraction of sp³-hybridized carbons (Fsp3) is 0.346. The number of rotatable bonds is 10. The summed E-state index contributed by atoms with van der Waals surface area (Å²) in [6, 6.07) is 21.8. The third-order valence-electron chi connectivity index (χ3n) is 5.14. The Hall–Kier alpha value is -2.61. The quantitative estimate of drug-likeness (QED) is 0.370. The van der Waals surface area contributed by atoms with E-state index in [0.717, 1.165) is 49.3 Å². The van der Waals surface area contributed by atoms with Crippen LogP contribution in [-0.2, 0) is 19.3 Å². The van der Waals surface area contributed by atoms with Crippen molar-refractivity contribution in [3.8, 4) is 17.0 Å². The molecule has 3 aromatic rings. The standard InChI is InChI=1S/C26H31NO/c1-3-5-6-19-28-25-17-18-26(27-20-25)24-15-13-23(14-16-24)12-11-22-9-7-21(4-2)8-10-22/h7-10,13-18,20H,3-6,11-12,19H2,1-2H3. The zero-order valence-electron chi connectivity index (χ0n) is 17.2. The number of benzene rings is 2. The van der Waals surface area contributed by atoms with Crippen LogP contribution in [0, 0.1) is 0 Å². The lowest BCUT2D eigenvalue weighted by molar-refractivity contribution is 0.305. The molecule has 0 spiro atoms. The van der Waals surface area contributed by atoms with E-state index in [1.54, 1.807) is 0 Å². The summed E-state index contributed by atoms with van der Waals surface area (Å²) < 4.78 is 5.74. The highest BCUT2D eigenvalue weighted by Crippen LogP contribution is 2.21. The molecule has 0 N–H and O–H groups in total. The van der Waals surface area contributed by atoms with E-state index in [2.05, 4.69) is 67.4 Å². The normalized spacial score (nSPS) is 10.8. The van der Waals surface area contributed by atoms with Crippen LogP contribution in [0.5, 0.6) is 5.75 Å². The minimum absolute atomic E-state index is 0.769. The van der Waals surface area contributed by atoms with Gasteiger partial charge in [-0.3, -0.25) is 4.98 Å². The number of nitrogens with zero attached hydrogens (tertiary/aromatic N) is 1. The predicted octanol–water partition coefficient (Wildman–Crippen LogP) is 6.67. The van der Waals surface area contributed by atoms with Crippen molar-refractivity contribution in [2.75, 3.05) is 6.61 Å². The van der Waals surface area contributed by atoms with E-state index < -0.39 is 0 Å². The van der Waals surface area contributed by atoms with E-state index in [1.807, 2.05) is 18.3 Å². The second kappa shape index (κ2) is 10.7. The Bertz CT molecular complexity index is 820. The third-order valence-corrected chi connectivity index (χ3v) is 5.14. The first-order valence-corrected chi connectivity index (χ1v) is 10.5. The lowest BCUT2D eigenvalue weighted by Crippen LogP contribution is -1.97. The Labute approximate surface area is 169 Å². The summed E-state index contributed by atoms with van der Waals surface area (Å²) in [6.07, 6.45) is 8.58. The van der Waals surface area contributed by atoms with Gasteiger partial charge in [0.05, 0.1) is 18.5 Å². The molecule has 2 nitrogen and oxygen atoms in total. The zero-order chi connectivity index (χ0) is 19.6. The van der Waals surface area contributed by atoms with Gasteiger partial charge in [0.2, 0.25) is 0 Å². The summed E-state index contributed by atoms with van der Waals surface area (Å²) in [6.45, 7) is 5.16. The molecule has 0 amide bonds. The van der Waals surface area contributed by atoms with Crippen LogP contribution in [0.4, 0.5) is 0 Å². The lowest BCUT2D eigenvalue weighted by atomic mass is 10.0. The van der Waals surface area contributed by atoms with Gasteiger partial charge >= 0.3 is 0 Å². The number of pyridine rings is 1. The minimum atomic E-state index is 0.769. The van der Waals surface area contributed by atoms with Gasteiger partial charge in [-0.25, -0.2) is 0 Å². The monoisotopic (exact) mass is 373 g/mol. The Morgan fingerprint density at radius 1 is 0.714 bits per heavy atom. The number of aryl methyl sites for hydroxylation is 3. The van der Waals surface area contributed by atoms with Crippen molar-refractivity contribution in [1.82, 2.24) is 4.98 Å². The van der Waals surface area contributed by atoms with E-state index in [4.69, 9.17) is 4.74 Å². The van der Waals surface area contributed by atoms with Gasteiger partial charge in [0.15, 0.2) is 0 Å². The summed E-state index contributed by atoms with van der Waals surface area (Å²) in [5, 5.41) is 0. The molecule has 0 bridgehead atoms. The number of ether oxygens (including phenoxy) is 1. The maximum atomic E-state index is 5.74. The molecule has 0 radical (unpaired) electrons. The number of unbranched alkanes of at least 4 members (excludes halogenated alkanes) is 2. The van der Waals surface area contributed by atoms with E-state index in [1.165, 1.54) is 29.5 Å². The third kappa shape index (κ3) is 5.95. The molecule has 28 heavy (non-hydrogen) atoms. The second-order valence-corrected chi connectivity index (χ2v) is 7.30. The molecule has 0 unspecified atom stereocenters. The van der Waals surface area contributed by atoms with Crippen molar-refractivity contribution >= 4 is 0 Å². The van der Waals surface area contributed by atoms with Gasteiger partial charge in [0.1, 0.15) is 5.75 Å². The Balaban J connectivity index is 1.53. The maximum absolute atomic E-state index is 5.74. The van der Waals surface area contributed by atoms with E-state index >= 15 is 0 Å². The van der Waals surface area contributed by atoms with Gasteiger partial charge < -0.3 is 4.74 Å². The van der Waals surface area contributed by atoms with E-state index in [0.29, 0.717) is 0 Å². The average Bonchev–Trinajstić information content (AvgIpc) is 2.76. The molecule has 1 aromatic heterocycles. The maximum Gasteiger partial charge on any atom is 0.137 e. The summed E-state index contributed by atoms with van der Waals surface area (Å²) in [5.74, 6) is 0.852. The first-order valence-electron chi connectivity index (χ1n) is 10.5. The number of hydrogen-bond donors (Lipinski definition) is 0. The summed E-state index contributed by atoms with van der Waals surface area (Å²) in [5.41, 5.74) is 6.30. The highest BCUT2D eigenvalue weighted by atomic mass is 16.5. The van der Waals surface area contributed by atoms with Gasteiger partial charge in [-0.15, -0.1) is 0 Å². The van der Waals surface area contributed by atoms with Crippen molar-refractivity contribution in [3.63, 3.8) is 0 Å². The van der Waals surface area contributed by atoms with E-state index in [-0.39, 0.29) is 0 Å². The molecular weight excluding hydrogens is 342 g/mol. The smallest absolute Gasteiger partial charge is 0.137 e. The minimum Gasteiger partial charge on any atom is -0.492 e. The van der Waals surface area contributed by atoms with Gasteiger partial charge in [0.25, 0.3) is 0 Å². The molecule has 146 valence electrons. The molecule has 1 heterocycles. The van der Waals surface area contributed by atoms with Crippen LogP contribution in [0.3, 0.4) is 0 Å². The van der Waals surface area contributed by atoms with Gasteiger partial charge in [-0.1, -0.05) is 75.2 Å². The van der Waals surface area contributed by atoms with Crippen LogP contribution in [0.2, 0.25) is 0 Å². The van der Waals surface area contributed by atoms with Crippen LogP contribution < -0.4 is 4.74 Å². The predicted molar refractivity (Wildman–Crippen MR) is 118 cm³/mol. The van der Waals surface area contributed by atoms with Crippen molar-refractivity contribution in [3.05, 3.63) is 83.6 Å². The molecule has 3 rings (SSSR count). The molecule has 0 saturated carbocycles. The molecular formula is C26H31NO. The van der Waals surface area contributed by atoms with Crippen molar-refractivity contribution in [2.24, 2.45) is 0 Å². The Morgan fingerprint density at radius 3 is 1.93 bits per heavy atom. The highest BCUT2D eigenvalue weighted by molar-refractivity contribution is 5.59. The van der Waals surface area contributed by atoms with Gasteiger partial charge in [-0.2, -0.15) is 0 Å². The first kappa shape index (κ1) is 20.1. The van der Waals surface area contributed by atoms with Gasteiger partial charge in [0, 0.05) is 5.56 Å². The van der Waals surface area contributed by atoms with Crippen LogP contribution in [0.25, 0.3) is 11.3 Å². The van der Waals surface area contributed by atoms with Crippen LogP contribution in [0.15, 0.2) is 66.9 Å². The zero-order valence-corrected chi connectivity index (χ0v) is 17.2. The van der Waals surface area contributed by atoms with Crippen LogP contribution in [-0.4, -0.2) is 11.6 Å².